The zero-order valence-electron chi connectivity index (χ0n) is 19.6. The Morgan fingerprint density at radius 2 is 1.83 bits per heavy atom. The second-order valence-electron chi connectivity index (χ2n) is 8.53. The lowest BCUT2D eigenvalue weighted by molar-refractivity contribution is -0.121. The summed E-state index contributed by atoms with van der Waals surface area (Å²) in [5.74, 6) is 0.815. The van der Waals surface area contributed by atoms with Crippen molar-refractivity contribution in [1.29, 1.82) is 0 Å². The summed E-state index contributed by atoms with van der Waals surface area (Å²) < 4.78 is 27.5. The van der Waals surface area contributed by atoms with E-state index >= 15 is 0 Å². The Morgan fingerprint density at radius 1 is 0.972 bits per heavy atom. The van der Waals surface area contributed by atoms with Crippen LogP contribution in [0.3, 0.4) is 0 Å². The lowest BCUT2D eigenvalue weighted by Crippen LogP contribution is -2.24. The first kappa shape index (κ1) is 23.3. The van der Waals surface area contributed by atoms with Crippen molar-refractivity contribution >= 4 is 33.7 Å². The number of rotatable bonds is 8. The van der Waals surface area contributed by atoms with Gasteiger partial charge in [0.05, 0.1) is 23.1 Å². The Bertz CT molecular complexity index is 1570. The monoisotopic (exact) mass is 486 g/mol. The summed E-state index contributed by atoms with van der Waals surface area (Å²) in [5, 5.41) is 6.90. The number of halogens is 2. The number of carbonyl (C=O) groups is 1. The van der Waals surface area contributed by atoms with Gasteiger partial charge in [-0.2, -0.15) is 0 Å². The molecule has 0 atom stereocenters. The minimum absolute atomic E-state index is 0.142. The molecule has 5 aromatic rings. The molecule has 0 aliphatic heterocycles. The fourth-order valence-electron chi connectivity index (χ4n) is 4.03. The molecule has 3 aromatic carbocycles. The van der Waals surface area contributed by atoms with E-state index in [-0.39, 0.29) is 37.1 Å². The largest absolute Gasteiger partial charge is 0.365 e. The van der Waals surface area contributed by atoms with Gasteiger partial charge in [-0.3, -0.25) is 4.79 Å². The van der Waals surface area contributed by atoms with Gasteiger partial charge in [-0.05, 0) is 42.8 Å². The predicted octanol–water partition coefficient (Wildman–Crippen LogP) is 4.95. The number of nitrogens with one attached hydrogen (secondary N) is 3. The SMILES string of the molecule is Cc1cccc2c(NCc3ccccc3F)nc(CNC(=O)CCc3nc4ccc(F)cc4[nH]3)nc12. The highest BCUT2D eigenvalue weighted by atomic mass is 19.1. The van der Waals surface area contributed by atoms with Crippen LogP contribution in [-0.2, 0) is 24.3 Å². The van der Waals surface area contributed by atoms with Crippen LogP contribution >= 0.6 is 0 Å². The van der Waals surface area contributed by atoms with Gasteiger partial charge >= 0.3 is 0 Å². The second-order valence-corrected chi connectivity index (χ2v) is 8.53. The van der Waals surface area contributed by atoms with Crippen LogP contribution in [0.1, 0.15) is 29.2 Å². The summed E-state index contributed by atoms with van der Waals surface area (Å²) in [7, 11) is 0. The molecule has 0 aliphatic carbocycles. The number of hydrogen-bond acceptors (Lipinski definition) is 5. The molecule has 3 N–H and O–H groups in total. The predicted molar refractivity (Wildman–Crippen MR) is 134 cm³/mol. The van der Waals surface area contributed by atoms with Gasteiger partial charge in [-0.15, -0.1) is 0 Å². The van der Waals surface area contributed by atoms with Crippen LogP contribution in [0.25, 0.3) is 21.9 Å². The average Bonchev–Trinajstić information content (AvgIpc) is 3.28. The van der Waals surface area contributed by atoms with E-state index in [0.717, 1.165) is 16.5 Å². The molecule has 0 spiro atoms. The van der Waals surface area contributed by atoms with Crippen molar-refractivity contribution in [3.8, 4) is 0 Å². The van der Waals surface area contributed by atoms with Crippen LogP contribution in [0.5, 0.6) is 0 Å². The maximum absolute atomic E-state index is 14.1. The summed E-state index contributed by atoms with van der Waals surface area (Å²) in [4.78, 5) is 29.2. The molecule has 0 radical (unpaired) electrons. The molecule has 0 aliphatic rings. The smallest absolute Gasteiger partial charge is 0.220 e. The number of anilines is 1. The first-order valence-corrected chi connectivity index (χ1v) is 11.6. The molecular formula is C27H24F2N6O. The third kappa shape index (κ3) is 5.14. The Labute approximate surface area is 206 Å². The van der Waals surface area contributed by atoms with Crippen molar-refractivity contribution in [2.45, 2.75) is 32.9 Å². The van der Waals surface area contributed by atoms with E-state index in [0.29, 0.717) is 40.5 Å². The molecule has 2 aromatic heterocycles. The minimum atomic E-state index is -0.344. The summed E-state index contributed by atoms with van der Waals surface area (Å²) in [6, 6.07) is 16.7. The number of aryl methyl sites for hydroxylation is 2. The number of nitrogens with zero attached hydrogens (tertiary/aromatic N) is 3. The van der Waals surface area contributed by atoms with Gasteiger partial charge in [-0.25, -0.2) is 23.7 Å². The number of fused-ring (bicyclic) bond motifs is 2. The maximum atomic E-state index is 14.1. The zero-order valence-corrected chi connectivity index (χ0v) is 19.6. The lowest BCUT2D eigenvalue weighted by atomic mass is 10.1. The highest BCUT2D eigenvalue weighted by molar-refractivity contribution is 5.91. The summed E-state index contributed by atoms with van der Waals surface area (Å²) >= 11 is 0. The molecule has 0 saturated heterocycles. The van der Waals surface area contributed by atoms with E-state index in [1.807, 2.05) is 25.1 Å². The van der Waals surface area contributed by atoms with E-state index in [9.17, 15) is 13.6 Å². The number of amides is 1. The van der Waals surface area contributed by atoms with Gasteiger partial charge in [0.1, 0.15) is 23.3 Å². The molecule has 0 fully saturated rings. The maximum Gasteiger partial charge on any atom is 0.220 e. The quantitative estimate of drug-likeness (QED) is 0.288. The highest BCUT2D eigenvalue weighted by Crippen LogP contribution is 2.24. The Kier molecular flexibility index (Phi) is 6.53. The number of H-pyrrole nitrogens is 1. The van der Waals surface area contributed by atoms with Crippen LogP contribution in [-0.4, -0.2) is 25.8 Å². The van der Waals surface area contributed by atoms with Gasteiger partial charge in [0.15, 0.2) is 5.82 Å². The second kappa shape index (κ2) is 10.1. The summed E-state index contributed by atoms with van der Waals surface area (Å²) in [6.07, 6.45) is 0.586. The van der Waals surface area contributed by atoms with Crippen LogP contribution in [0.4, 0.5) is 14.6 Å². The van der Waals surface area contributed by atoms with E-state index in [1.54, 1.807) is 24.3 Å². The topological polar surface area (TPSA) is 95.6 Å². The Balaban J connectivity index is 1.27. The van der Waals surface area contributed by atoms with Gasteiger partial charge in [0.25, 0.3) is 0 Å². The molecular weight excluding hydrogens is 462 g/mol. The number of imidazole rings is 1. The highest BCUT2D eigenvalue weighted by Gasteiger charge is 2.12. The number of benzene rings is 3. The molecule has 36 heavy (non-hydrogen) atoms. The van der Waals surface area contributed by atoms with Gasteiger partial charge in [0.2, 0.25) is 5.91 Å². The van der Waals surface area contributed by atoms with Crippen molar-refractivity contribution in [1.82, 2.24) is 25.3 Å². The molecule has 182 valence electrons. The zero-order chi connectivity index (χ0) is 25.1. The first-order valence-electron chi connectivity index (χ1n) is 11.6. The lowest BCUT2D eigenvalue weighted by Gasteiger charge is -2.13. The molecule has 2 heterocycles. The third-order valence-corrected chi connectivity index (χ3v) is 5.90. The third-order valence-electron chi connectivity index (χ3n) is 5.90. The van der Waals surface area contributed by atoms with Crippen molar-refractivity contribution in [3.05, 3.63) is 95.1 Å². The van der Waals surface area contributed by atoms with Crippen molar-refractivity contribution in [2.75, 3.05) is 5.32 Å². The Morgan fingerprint density at radius 3 is 2.69 bits per heavy atom. The first-order chi connectivity index (χ1) is 17.5. The number of carbonyl (C=O) groups excluding carboxylic acids is 1. The van der Waals surface area contributed by atoms with Crippen LogP contribution in [0.2, 0.25) is 0 Å². The van der Waals surface area contributed by atoms with Gasteiger partial charge in [0, 0.05) is 30.3 Å². The summed E-state index contributed by atoms with van der Waals surface area (Å²) in [6.45, 7) is 2.36. The number of aromatic nitrogens is 4. The number of para-hydroxylation sites is 1. The molecule has 0 saturated carbocycles. The van der Waals surface area contributed by atoms with Crippen LogP contribution in [0.15, 0.2) is 60.7 Å². The molecule has 0 unspecified atom stereocenters. The van der Waals surface area contributed by atoms with Gasteiger partial charge < -0.3 is 15.6 Å². The molecule has 7 nitrogen and oxygen atoms in total. The molecule has 9 heteroatoms. The number of hydrogen-bond donors (Lipinski definition) is 3. The van der Waals surface area contributed by atoms with Crippen LogP contribution < -0.4 is 10.6 Å². The fourth-order valence-corrected chi connectivity index (χ4v) is 4.03. The number of aromatic amines is 1. The standard InChI is InChI=1S/C27H24F2N6O/c1-16-5-4-7-19-26(16)34-24(35-27(19)31-14-17-6-2-3-8-20(17)29)15-30-25(36)12-11-23-32-21-10-9-18(28)13-22(21)33-23/h2-10,13H,11-12,14-15H2,1H3,(H,30,36)(H,32,33)(H,31,34,35). The minimum Gasteiger partial charge on any atom is -0.365 e. The van der Waals surface area contributed by atoms with E-state index in [2.05, 4.69) is 30.6 Å². The normalized spacial score (nSPS) is 11.2. The van der Waals surface area contributed by atoms with Crippen molar-refractivity contribution in [2.24, 2.45) is 0 Å². The van der Waals surface area contributed by atoms with Crippen molar-refractivity contribution < 1.29 is 13.6 Å². The van der Waals surface area contributed by atoms with Gasteiger partial charge in [-0.1, -0.05) is 30.3 Å². The molecule has 0 bridgehead atoms. The van der Waals surface area contributed by atoms with E-state index in [4.69, 9.17) is 0 Å². The fraction of sp³-hybridized carbons (Fsp3) is 0.185. The average molecular weight is 487 g/mol. The van der Waals surface area contributed by atoms with E-state index < -0.39 is 0 Å². The Hall–Kier alpha value is -4.40. The molecule has 5 rings (SSSR count). The van der Waals surface area contributed by atoms with Crippen molar-refractivity contribution in [3.63, 3.8) is 0 Å². The van der Waals surface area contributed by atoms with Crippen LogP contribution in [0, 0.1) is 18.6 Å². The van der Waals surface area contributed by atoms with E-state index in [1.165, 1.54) is 18.2 Å². The summed E-state index contributed by atoms with van der Waals surface area (Å²) in [5.41, 5.74) is 3.52. The molecule has 1 amide bonds.